The Hall–Kier alpha value is -2.89. The van der Waals surface area contributed by atoms with E-state index in [0.717, 1.165) is 29.0 Å². The van der Waals surface area contributed by atoms with Crippen molar-refractivity contribution < 1.29 is 4.79 Å². The van der Waals surface area contributed by atoms with E-state index in [4.69, 9.17) is 11.6 Å². The molecule has 0 aliphatic carbocycles. The second-order valence-electron chi connectivity index (χ2n) is 6.73. The van der Waals surface area contributed by atoms with E-state index in [1.807, 2.05) is 73.6 Å². The first-order chi connectivity index (χ1) is 13.5. The van der Waals surface area contributed by atoms with E-state index < -0.39 is 0 Å². The number of carbonyl (C=O) groups excluding carboxylic acids is 1. The lowest BCUT2D eigenvalue weighted by Crippen LogP contribution is -2.31. The Morgan fingerprint density at radius 2 is 1.79 bits per heavy atom. The fourth-order valence-corrected chi connectivity index (χ4v) is 2.83. The van der Waals surface area contributed by atoms with Gasteiger partial charge in [0.15, 0.2) is 0 Å². The molecule has 2 N–H and O–H groups in total. The summed E-state index contributed by atoms with van der Waals surface area (Å²) in [5.74, 6) is -0.0768. The maximum Gasteiger partial charge on any atom is 0.251 e. The lowest BCUT2D eigenvalue weighted by atomic mass is 10.0. The number of hydrogen-bond donors (Lipinski definition) is 2. The van der Waals surface area contributed by atoms with Crippen LogP contribution in [0.5, 0.6) is 0 Å². The van der Waals surface area contributed by atoms with Gasteiger partial charge in [0.05, 0.1) is 11.9 Å². The van der Waals surface area contributed by atoms with Crippen molar-refractivity contribution in [1.29, 1.82) is 0 Å². The van der Waals surface area contributed by atoms with Gasteiger partial charge in [0.1, 0.15) is 0 Å². The molecule has 3 rings (SSSR count). The molecular formula is C22H23ClN4O. The summed E-state index contributed by atoms with van der Waals surface area (Å²) >= 11 is 5.93. The number of nitrogens with one attached hydrogen (secondary N) is 2. The first-order valence-electron chi connectivity index (χ1n) is 9.02. The quantitative estimate of drug-likeness (QED) is 0.622. The van der Waals surface area contributed by atoms with Gasteiger partial charge in [0.2, 0.25) is 0 Å². The zero-order valence-electron chi connectivity index (χ0n) is 15.9. The largest absolute Gasteiger partial charge is 0.354 e. The van der Waals surface area contributed by atoms with E-state index >= 15 is 0 Å². The number of rotatable bonds is 7. The summed E-state index contributed by atoms with van der Waals surface area (Å²) in [5, 5.41) is 6.94. The highest BCUT2D eigenvalue weighted by Gasteiger charge is 2.08. The lowest BCUT2D eigenvalue weighted by Gasteiger charge is -2.11. The molecule has 0 fully saturated rings. The summed E-state index contributed by atoms with van der Waals surface area (Å²) in [5.41, 5.74) is 4.29. The van der Waals surface area contributed by atoms with E-state index in [9.17, 15) is 4.79 Å². The van der Waals surface area contributed by atoms with Crippen molar-refractivity contribution in [2.75, 3.05) is 32.5 Å². The number of hydrogen-bond acceptors (Lipinski definition) is 4. The number of benzene rings is 2. The molecule has 0 unspecified atom stereocenters. The van der Waals surface area contributed by atoms with E-state index in [0.29, 0.717) is 17.1 Å². The van der Waals surface area contributed by atoms with Gasteiger partial charge in [-0.05, 0) is 62.1 Å². The smallest absolute Gasteiger partial charge is 0.251 e. The third-order valence-electron chi connectivity index (χ3n) is 4.17. The van der Waals surface area contributed by atoms with Crippen molar-refractivity contribution >= 4 is 28.9 Å². The van der Waals surface area contributed by atoms with Gasteiger partial charge in [-0.2, -0.15) is 0 Å². The minimum Gasteiger partial charge on any atom is -0.354 e. The maximum absolute atomic E-state index is 12.4. The molecule has 0 aliphatic rings. The topological polar surface area (TPSA) is 57.3 Å². The predicted octanol–water partition coefficient (Wildman–Crippen LogP) is 4.44. The zero-order chi connectivity index (χ0) is 19.9. The number of likely N-dealkylation sites (N-methyl/N-ethyl adjacent to an activating group) is 1. The molecular weight excluding hydrogens is 372 g/mol. The summed E-state index contributed by atoms with van der Waals surface area (Å²) in [6.07, 6.45) is 3.55. The Kier molecular flexibility index (Phi) is 6.63. The molecule has 0 radical (unpaired) electrons. The van der Waals surface area contributed by atoms with Crippen LogP contribution in [-0.4, -0.2) is 43.0 Å². The Morgan fingerprint density at radius 3 is 2.54 bits per heavy atom. The highest BCUT2D eigenvalue weighted by Crippen LogP contribution is 2.25. The lowest BCUT2D eigenvalue weighted by molar-refractivity contribution is 0.0951. The van der Waals surface area contributed by atoms with Crippen LogP contribution in [0, 0.1) is 0 Å². The molecule has 0 atom stereocenters. The van der Waals surface area contributed by atoms with Crippen LogP contribution < -0.4 is 10.6 Å². The van der Waals surface area contributed by atoms with Gasteiger partial charge in [0.25, 0.3) is 5.91 Å². The molecule has 144 valence electrons. The van der Waals surface area contributed by atoms with Gasteiger partial charge < -0.3 is 15.5 Å². The molecule has 1 amide bonds. The van der Waals surface area contributed by atoms with Gasteiger partial charge >= 0.3 is 0 Å². The minimum absolute atomic E-state index is 0.0768. The maximum atomic E-state index is 12.4. The molecule has 0 bridgehead atoms. The van der Waals surface area contributed by atoms with E-state index in [1.54, 1.807) is 12.4 Å². The SMILES string of the molecule is CN(C)CCNC(=O)c1cccc(-c2cncc(Nc3ccc(Cl)cc3)c2)c1. The van der Waals surface area contributed by atoms with Gasteiger partial charge in [-0.25, -0.2) is 0 Å². The second-order valence-corrected chi connectivity index (χ2v) is 7.17. The van der Waals surface area contributed by atoms with Crippen molar-refractivity contribution in [1.82, 2.24) is 15.2 Å². The molecule has 1 aromatic heterocycles. The van der Waals surface area contributed by atoms with Crippen LogP contribution in [0.15, 0.2) is 67.0 Å². The summed E-state index contributed by atoms with van der Waals surface area (Å²) in [4.78, 5) is 18.7. The first kappa shape index (κ1) is 19.9. The number of halogens is 1. The zero-order valence-corrected chi connectivity index (χ0v) is 16.7. The minimum atomic E-state index is -0.0768. The number of anilines is 2. The fourth-order valence-electron chi connectivity index (χ4n) is 2.70. The van der Waals surface area contributed by atoms with Crippen LogP contribution in [0.2, 0.25) is 5.02 Å². The molecule has 0 spiro atoms. The van der Waals surface area contributed by atoms with E-state index in [-0.39, 0.29) is 5.91 Å². The standard InChI is InChI=1S/C22H23ClN4O/c1-27(2)11-10-25-22(28)17-5-3-4-16(12-17)18-13-21(15-24-14-18)26-20-8-6-19(23)7-9-20/h3-9,12-15,26H,10-11H2,1-2H3,(H,25,28). The molecule has 28 heavy (non-hydrogen) atoms. The van der Waals surface area contributed by atoms with Crippen LogP contribution in [0.4, 0.5) is 11.4 Å². The van der Waals surface area contributed by atoms with Gasteiger partial charge in [-0.1, -0.05) is 23.7 Å². The molecule has 0 saturated heterocycles. The van der Waals surface area contributed by atoms with Crippen molar-refractivity contribution in [2.24, 2.45) is 0 Å². The summed E-state index contributed by atoms with van der Waals surface area (Å²) in [6.45, 7) is 1.41. The van der Waals surface area contributed by atoms with Crippen molar-refractivity contribution in [2.45, 2.75) is 0 Å². The van der Waals surface area contributed by atoms with E-state index in [1.165, 1.54) is 0 Å². The van der Waals surface area contributed by atoms with Crippen LogP contribution >= 0.6 is 11.6 Å². The van der Waals surface area contributed by atoms with Crippen LogP contribution in [0.3, 0.4) is 0 Å². The molecule has 3 aromatic rings. The first-order valence-corrected chi connectivity index (χ1v) is 9.40. The normalized spacial score (nSPS) is 10.7. The molecule has 6 heteroatoms. The molecule has 0 aliphatic heterocycles. The Balaban J connectivity index is 1.74. The van der Waals surface area contributed by atoms with Crippen LogP contribution in [0.1, 0.15) is 10.4 Å². The highest BCUT2D eigenvalue weighted by molar-refractivity contribution is 6.30. The Bertz CT molecular complexity index is 941. The Labute approximate surface area is 170 Å². The van der Waals surface area contributed by atoms with Crippen molar-refractivity contribution in [3.63, 3.8) is 0 Å². The van der Waals surface area contributed by atoms with Crippen molar-refractivity contribution in [3.8, 4) is 11.1 Å². The average Bonchev–Trinajstić information content (AvgIpc) is 2.70. The van der Waals surface area contributed by atoms with Gasteiger partial charge in [0, 0.05) is 41.1 Å². The fraction of sp³-hybridized carbons (Fsp3) is 0.182. The highest BCUT2D eigenvalue weighted by atomic mass is 35.5. The summed E-state index contributed by atoms with van der Waals surface area (Å²) in [6, 6.07) is 17.0. The number of amides is 1. The monoisotopic (exact) mass is 394 g/mol. The van der Waals surface area contributed by atoms with Crippen LogP contribution in [-0.2, 0) is 0 Å². The van der Waals surface area contributed by atoms with E-state index in [2.05, 4.69) is 15.6 Å². The number of aromatic nitrogens is 1. The van der Waals surface area contributed by atoms with Crippen LogP contribution in [0.25, 0.3) is 11.1 Å². The average molecular weight is 395 g/mol. The third-order valence-corrected chi connectivity index (χ3v) is 4.43. The number of pyridine rings is 1. The van der Waals surface area contributed by atoms with Crippen molar-refractivity contribution in [3.05, 3.63) is 77.6 Å². The molecule has 5 nitrogen and oxygen atoms in total. The van der Waals surface area contributed by atoms with Gasteiger partial charge in [-0.15, -0.1) is 0 Å². The summed E-state index contributed by atoms with van der Waals surface area (Å²) < 4.78 is 0. The molecule has 0 saturated carbocycles. The number of nitrogens with zero attached hydrogens (tertiary/aromatic N) is 2. The summed E-state index contributed by atoms with van der Waals surface area (Å²) in [7, 11) is 3.95. The number of carbonyl (C=O) groups is 1. The molecule has 2 aromatic carbocycles. The predicted molar refractivity (Wildman–Crippen MR) is 115 cm³/mol. The Morgan fingerprint density at radius 1 is 1.00 bits per heavy atom. The third kappa shape index (κ3) is 5.55. The second kappa shape index (κ2) is 9.35. The van der Waals surface area contributed by atoms with Gasteiger partial charge in [-0.3, -0.25) is 9.78 Å². The molecule has 1 heterocycles.